The third kappa shape index (κ3) is 4.50. The topological polar surface area (TPSA) is 110 Å². The molecule has 35 heavy (non-hydrogen) atoms. The predicted octanol–water partition coefficient (Wildman–Crippen LogP) is 4.99. The molecule has 0 radical (unpaired) electrons. The molecule has 0 bridgehead atoms. The van der Waals surface area contributed by atoms with Crippen molar-refractivity contribution >= 4 is 45.0 Å². The van der Waals surface area contributed by atoms with Gasteiger partial charge in [-0.25, -0.2) is 9.67 Å². The first-order valence-corrected chi connectivity index (χ1v) is 11.5. The minimum absolute atomic E-state index is 0.229. The fourth-order valence-corrected chi connectivity index (χ4v) is 4.24. The van der Waals surface area contributed by atoms with Crippen molar-refractivity contribution in [3.05, 3.63) is 71.0 Å². The minimum atomic E-state index is 0.229. The summed E-state index contributed by atoms with van der Waals surface area (Å²) in [6.45, 7) is 3.76. The van der Waals surface area contributed by atoms with Crippen molar-refractivity contribution in [2.45, 2.75) is 26.6 Å². The number of aromatic nitrogens is 5. The highest BCUT2D eigenvalue weighted by Gasteiger charge is 2.16. The van der Waals surface area contributed by atoms with Crippen LogP contribution >= 0.6 is 11.6 Å². The third-order valence-electron chi connectivity index (χ3n) is 5.78. The van der Waals surface area contributed by atoms with E-state index in [1.54, 1.807) is 25.4 Å². The molecular weight excluding hydrogens is 466 g/mol. The normalized spacial score (nSPS) is 11.2. The van der Waals surface area contributed by atoms with Gasteiger partial charge in [0.25, 0.3) is 0 Å². The summed E-state index contributed by atoms with van der Waals surface area (Å²) in [5.41, 5.74) is 2.77. The van der Waals surface area contributed by atoms with E-state index in [9.17, 15) is 5.11 Å². The van der Waals surface area contributed by atoms with Gasteiger partial charge in [0.15, 0.2) is 17.3 Å². The molecule has 178 valence electrons. The standard InChI is InChI=1S/C25H24ClN7O2/c1-3-33-25-19(14-30-33)22-18(13-29-25)23(27-11-15-4-7-17(34)8-5-15)31-32-24(22)28-12-16-6-9-21(35-2)20(26)10-16/h4-10,13-14,34H,3,11-12H2,1-2H3,(H,27,31)(H,28,32). The van der Waals surface area contributed by atoms with Crippen molar-refractivity contribution < 1.29 is 9.84 Å². The molecule has 0 saturated heterocycles. The predicted molar refractivity (Wildman–Crippen MR) is 137 cm³/mol. The number of hydrogen-bond donors (Lipinski definition) is 3. The molecule has 10 heteroatoms. The molecule has 0 saturated carbocycles. The summed E-state index contributed by atoms with van der Waals surface area (Å²) in [5.74, 6) is 2.10. The number of fused-ring (bicyclic) bond motifs is 3. The number of phenolic OH excluding ortho intramolecular Hbond substituents is 1. The quantitative estimate of drug-likeness (QED) is 0.280. The van der Waals surface area contributed by atoms with E-state index in [4.69, 9.17) is 16.3 Å². The van der Waals surface area contributed by atoms with Crippen LogP contribution in [0.25, 0.3) is 21.8 Å². The number of rotatable bonds is 8. The van der Waals surface area contributed by atoms with E-state index in [2.05, 4.69) is 30.9 Å². The van der Waals surface area contributed by atoms with Crippen molar-refractivity contribution in [3.63, 3.8) is 0 Å². The van der Waals surface area contributed by atoms with Crippen molar-refractivity contribution in [3.8, 4) is 11.5 Å². The van der Waals surface area contributed by atoms with E-state index in [-0.39, 0.29) is 5.75 Å². The third-order valence-corrected chi connectivity index (χ3v) is 6.08. The van der Waals surface area contributed by atoms with Gasteiger partial charge in [0, 0.05) is 36.6 Å². The zero-order valence-electron chi connectivity index (χ0n) is 19.3. The van der Waals surface area contributed by atoms with Gasteiger partial charge in [-0.05, 0) is 42.3 Å². The van der Waals surface area contributed by atoms with Crippen molar-refractivity contribution in [2.24, 2.45) is 0 Å². The van der Waals surface area contributed by atoms with Crippen LogP contribution in [0, 0.1) is 0 Å². The molecule has 0 amide bonds. The Bertz CT molecular complexity index is 1500. The lowest BCUT2D eigenvalue weighted by molar-refractivity contribution is 0.415. The Balaban J connectivity index is 1.51. The number of phenols is 1. The molecule has 0 spiro atoms. The van der Waals surface area contributed by atoms with Gasteiger partial charge >= 0.3 is 0 Å². The highest BCUT2D eigenvalue weighted by atomic mass is 35.5. The lowest BCUT2D eigenvalue weighted by atomic mass is 10.1. The maximum absolute atomic E-state index is 9.53. The fraction of sp³-hybridized carbons (Fsp3) is 0.200. The molecule has 0 fully saturated rings. The molecule has 5 rings (SSSR count). The average molecular weight is 490 g/mol. The Labute approximate surface area is 206 Å². The SMILES string of the molecule is CCn1ncc2c3c(NCc4ccc(OC)c(Cl)c4)nnc(NCc4ccc(O)cc4)c3cnc21. The number of ether oxygens (including phenoxy) is 1. The van der Waals surface area contributed by atoms with Gasteiger partial charge in [-0.2, -0.15) is 5.10 Å². The number of aryl methyl sites for hydroxylation is 1. The molecule has 2 aromatic carbocycles. The van der Waals surface area contributed by atoms with Gasteiger partial charge in [-0.3, -0.25) is 0 Å². The van der Waals surface area contributed by atoms with E-state index >= 15 is 0 Å². The van der Waals surface area contributed by atoms with Crippen LogP contribution < -0.4 is 15.4 Å². The number of benzene rings is 2. The molecule has 3 aromatic heterocycles. The second-order valence-corrected chi connectivity index (χ2v) is 8.39. The van der Waals surface area contributed by atoms with Crippen LogP contribution in [-0.4, -0.2) is 37.2 Å². The first kappa shape index (κ1) is 22.7. The molecule has 0 aliphatic rings. The highest BCUT2D eigenvalue weighted by Crippen LogP contribution is 2.33. The Morgan fingerprint density at radius 1 is 0.943 bits per heavy atom. The summed E-state index contributed by atoms with van der Waals surface area (Å²) in [6.07, 6.45) is 3.61. The number of anilines is 2. The van der Waals surface area contributed by atoms with Gasteiger partial charge in [-0.15, -0.1) is 10.2 Å². The zero-order valence-corrected chi connectivity index (χ0v) is 20.0. The van der Waals surface area contributed by atoms with Crippen LogP contribution in [0.5, 0.6) is 11.5 Å². The number of pyridine rings is 1. The minimum Gasteiger partial charge on any atom is -0.508 e. The number of nitrogens with one attached hydrogen (secondary N) is 2. The fourth-order valence-electron chi connectivity index (χ4n) is 3.96. The summed E-state index contributed by atoms with van der Waals surface area (Å²) in [4.78, 5) is 4.66. The lowest BCUT2D eigenvalue weighted by Crippen LogP contribution is -2.08. The zero-order chi connectivity index (χ0) is 24.4. The van der Waals surface area contributed by atoms with Crippen LogP contribution in [0.4, 0.5) is 11.6 Å². The van der Waals surface area contributed by atoms with Crippen LogP contribution in [0.2, 0.25) is 5.02 Å². The summed E-state index contributed by atoms with van der Waals surface area (Å²) in [6, 6.07) is 12.7. The molecule has 0 unspecified atom stereocenters. The Morgan fingerprint density at radius 3 is 2.40 bits per heavy atom. The number of hydrogen-bond acceptors (Lipinski definition) is 8. The van der Waals surface area contributed by atoms with Crippen LogP contribution in [0.3, 0.4) is 0 Å². The van der Waals surface area contributed by atoms with Gasteiger partial charge in [0.1, 0.15) is 11.5 Å². The average Bonchev–Trinajstić information content (AvgIpc) is 3.31. The first-order chi connectivity index (χ1) is 17.1. The maximum Gasteiger partial charge on any atom is 0.158 e. The van der Waals surface area contributed by atoms with Crippen LogP contribution in [-0.2, 0) is 19.6 Å². The number of methoxy groups -OCH3 is 1. The van der Waals surface area contributed by atoms with Gasteiger partial charge in [0.05, 0.1) is 23.7 Å². The summed E-state index contributed by atoms with van der Waals surface area (Å²) < 4.78 is 7.10. The molecule has 0 atom stereocenters. The number of aromatic hydroxyl groups is 1. The van der Waals surface area contributed by atoms with Crippen LogP contribution in [0.1, 0.15) is 18.1 Å². The van der Waals surface area contributed by atoms with Crippen molar-refractivity contribution in [1.29, 1.82) is 0 Å². The van der Waals surface area contributed by atoms with Gasteiger partial charge in [-0.1, -0.05) is 29.8 Å². The Morgan fingerprint density at radius 2 is 1.66 bits per heavy atom. The summed E-state index contributed by atoms with van der Waals surface area (Å²) >= 11 is 6.30. The van der Waals surface area contributed by atoms with E-state index in [1.165, 1.54) is 0 Å². The lowest BCUT2D eigenvalue weighted by Gasteiger charge is -2.13. The summed E-state index contributed by atoms with van der Waals surface area (Å²) in [5, 5.41) is 32.9. The molecule has 5 aromatic rings. The molecule has 3 heterocycles. The largest absolute Gasteiger partial charge is 0.508 e. The Kier molecular flexibility index (Phi) is 6.24. The monoisotopic (exact) mass is 489 g/mol. The molecule has 3 N–H and O–H groups in total. The molecular formula is C25H24ClN7O2. The van der Waals surface area contributed by atoms with E-state index in [0.717, 1.165) is 32.9 Å². The number of halogens is 1. The second-order valence-electron chi connectivity index (χ2n) is 7.98. The smallest absolute Gasteiger partial charge is 0.158 e. The highest BCUT2D eigenvalue weighted by molar-refractivity contribution is 6.32. The molecule has 0 aliphatic heterocycles. The summed E-state index contributed by atoms with van der Waals surface area (Å²) in [7, 11) is 1.59. The van der Waals surface area contributed by atoms with E-state index in [0.29, 0.717) is 42.0 Å². The van der Waals surface area contributed by atoms with Crippen molar-refractivity contribution in [1.82, 2.24) is 25.0 Å². The van der Waals surface area contributed by atoms with E-state index in [1.807, 2.05) is 48.1 Å². The van der Waals surface area contributed by atoms with E-state index < -0.39 is 0 Å². The Hall–Kier alpha value is -4.11. The maximum atomic E-state index is 9.53. The second kappa shape index (κ2) is 9.63. The first-order valence-electron chi connectivity index (χ1n) is 11.2. The van der Waals surface area contributed by atoms with Gasteiger partial charge in [0.2, 0.25) is 0 Å². The molecule has 0 aliphatic carbocycles. The van der Waals surface area contributed by atoms with Crippen LogP contribution in [0.15, 0.2) is 54.9 Å². The van der Waals surface area contributed by atoms with Gasteiger partial charge < -0.3 is 20.5 Å². The van der Waals surface area contributed by atoms with Crippen molar-refractivity contribution in [2.75, 3.05) is 17.7 Å². The molecule has 9 nitrogen and oxygen atoms in total. The number of nitrogens with zero attached hydrogens (tertiary/aromatic N) is 5.